The number of ether oxygens (including phenoxy) is 2. The zero-order chi connectivity index (χ0) is 29.7. The first kappa shape index (κ1) is 33.7. The average molecular weight is 576 g/mol. The predicted octanol–water partition coefficient (Wildman–Crippen LogP) is 9.45. The van der Waals surface area contributed by atoms with E-state index in [4.69, 9.17) is 14.0 Å². The van der Waals surface area contributed by atoms with E-state index in [1.54, 1.807) is 13.0 Å². The molecule has 0 amide bonds. The monoisotopic (exact) mass is 575 g/mol. The van der Waals surface area contributed by atoms with E-state index < -0.39 is 35.0 Å². The number of aryl methyl sites for hydroxylation is 1. The first-order chi connectivity index (χ1) is 17.8. The Balaban J connectivity index is 2.22. The maximum atomic E-state index is 14.0. The summed E-state index contributed by atoms with van der Waals surface area (Å²) >= 11 is 0. The standard InChI is InChI=1S/C30H49F3NO4P/c1-10-11-12-13-14-22(2)38-26-16-15-24(19-25(26)30(31,32)33)17-18-29(20-36-23(3)34-29)21-37-39(35,27(4,5)6)28(7,8)9/h15-16,19,22H,10-14,17-18,20-21H2,1-9H3/t22-,29?/m0/s1. The molecule has 0 radical (unpaired) electrons. The second-order valence-electron chi connectivity index (χ2n) is 12.9. The molecule has 1 aliphatic rings. The van der Waals surface area contributed by atoms with E-state index in [0.29, 0.717) is 30.7 Å². The van der Waals surface area contributed by atoms with Gasteiger partial charge in [-0.1, -0.05) is 73.8 Å². The van der Waals surface area contributed by atoms with Crippen LogP contribution in [0, 0.1) is 0 Å². The van der Waals surface area contributed by atoms with Gasteiger partial charge in [0.05, 0.1) is 18.3 Å². The van der Waals surface area contributed by atoms with Crippen LogP contribution in [0.5, 0.6) is 5.75 Å². The minimum Gasteiger partial charge on any atom is -0.490 e. The van der Waals surface area contributed by atoms with E-state index in [1.807, 2.05) is 48.5 Å². The summed E-state index contributed by atoms with van der Waals surface area (Å²) in [5.41, 5.74) is -1.06. The Labute approximate surface area is 233 Å². The van der Waals surface area contributed by atoms with E-state index in [-0.39, 0.29) is 25.1 Å². The summed E-state index contributed by atoms with van der Waals surface area (Å²) in [7, 11) is -3.15. The van der Waals surface area contributed by atoms with Crippen molar-refractivity contribution in [3.63, 3.8) is 0 Å². The number of hydrogen-bond donors (Lipinski definition) is 0. The van der Waals surface area contributed by atoms with Gasteiger partial charge >= 0.3 is 6.18 Å². The summed E-state index contributed by atoms with van der Waals surface area (Å²) in [6.07, 6.45) is 0.788. The first-order valence-corrected chi connectivity index (χ1v) is 15.8. The van der Waals surface area contributed by atoms with Crippen LogP contribution < -0.4 is 4.74 Å². The predicted molar refractivity (Wildman–Crippen MR) is 153 cm³/mol. The van der Waals surface area contributed by atoms with Crippen LogP contribution in [0.3, 0.4) is 0 Å². The van der Waals surface area contributed by atoms with Crippen molar-refractivity contribution in [1.82, 2.24) is 0 Å². The largest absolute Gasteiger partial charge is 0.490 e. The molecule has 224 valence electrons. The molecular formula is C30H49F3NO4P. The van der Waals surface area contributed by atoms with Crippen molar-refractivity contribution < 1.29 is 31.7 Å². The maximum absolute atomic E-state index is 14.0. The van der Waals surface area contributed by atoms with Crippen molar-refractivity contribution in [3.05, 3.63) is 29.3 Å². The SMILES string of the molecule is CCCCCC[C@H](C)Oc1ccc(CCC2(COP(=O)(C(C)(C)C)C(C)(C)C)COC(C)=N2)cc1C(F)(F)F. The number of alkyl halides is 3. The number of aliphatic imine (C=N–C) groups is 1. The molecule has 0 saturated heterocycles. The Hall–Kier alpha value is -1.53. The summed E-state index contributed by atoms with van der Waals surface area (Å²) in [5.74, 6) is 0.356. The van der Waals surface area contributed by atoms with Gasteiger partial charge in [-0.25, -0.2) is 4.99 Å². The summed E-state index contributed by atoms with van der Waals surface area (Å²) in [6.45, 7) is 17.4. The summed E-state index contributed by atoms with van der Waals surface area (Å²) < 4.78 is 73.7. The van der Waals surface area contributed by atoms with Crippen molar-refractivity contribution in [3.8, 4) is 5.75 Å². The van der Waals surface area contributed by atoms with Crippen LogP contribution in [-0.2, 0) is 26.4 Å². The third-order valence-corrected chi connectivity index (χ3v) is 11.3. The molecule has 0 aliphatic carbocycles. The quantitative estimate of drug-likeness (QED) is 0.174. The molecule has 0 spiro atoms. The van der Waals surface area contributed by atoms with Crippen molar-refractivity contribution in [2.24, 2.45) is 4.99 Å². The summed E-state index contributed by atoms with van der Waals surface area (Å²) in [6, 6.07) is 4.29. The minimum absolute atomic E-state index is 0.0685. The molecule has 1 aromatic rings. The van der Waals surface area contributed by atoms with Crippen LogP contribution in [0.15, 0.2) is 23.2 Å². The minimum atomic E-state index is -4.54. The van der Waals surface area contributed by atoms with Gasteiger partial charge in [-0.3, -0.25) is 4.57 Å². The molecule has 2 rings (SSSR count). The molecule has 1 heterocycles. The van der Waals surface area contributed by atoms with Gasteiger partial charge in [-0.2, -0.15) is 13.2 Å². The van der Waals surface area contributed by atoms with Crippen LogP contribution in [0.4, 0.5) is 13.2 Å². The molecular weight excluding hydrogens is 526 g/mol. The summed E-state index contributed by atoms with van der Waals surface area (Å²) in [4.78, 5) is 4.67. The highest BCUT2D eigenvalue weighted by molar-refractivity contribution is 7.62. The Kier molecular flexibility index (Phi) is 11.2. The second-order valence-corrected chi connectivity index (χ2v) is 17.0. The van der Waals surface area contributed by atoms with E-state index in [9.17, 15) is 17.7 Å². The molecule has 0 bridgehead atoms. The van der Waals surface area contributed by atoms with Gasteiger partial charge in [-0.15, -0.1) is 0 Å². The molecule has 2 atom stereocenters. The number of hydrogen-bond acceptors (Lipinski definition) is 5. The van der Waals surface area contributed by atoms with Gasteiger partial charge in [0, 0.05) is 17.2 Å². The average Bonchev–Trinajstić information content (AvgIpc) is 3.18. The molecule has 0 aromatic heterocycles. The van der Waals surface area contributed by atoms with E-state index in [0.717, 1.165) is 25.7 Å². The fourth-order valence-electron chi connectivity index (χ4n) is 5.08. The van der Waals surface area contributed by atoms with Gasteiger partial charge < -0.3 is 14.0 Å². The third-order valence-electron chi connectivity index (χ3n) is 7.25. The normalized spacial score (nSPS) is 19.5. The highest BCUT2D eigenvalue weighted by Gasteiger charge is 2.50. The zero-order valence-corrected chi connectivity index (χ0v) is 26.2. The van der Waals surface area contributed by atoms with Crippen molar-refractivity contribution in [2.75, 3.05) is 13.2 Å². The number of rotatable bonds is 13. The smallest absolute Gasteiger partial charge is 0.419 e. The lowest BCUT2D eigenvalue weighted by molar-refractivity contribution is -0.139. The molecule has 0 fully saturated rings. The Morgan fingerprint density at radius 1 is 1.08 bits per heavy atom. The lowest BCUT2D eigenvalue weighted by atomic mass is 9.93. The van der Waals surface area contributed by atoms with Crippen LogP contribution in [-0.4, -0.2) is 41.1 Å². The van der Waals surface area contributed by atoms with Crippen LogP contribution in [0.2, 0.25) is 0 Å². The molecule has 1 aromatic carbocycles. The highest BCUT2D eigenvalue weighted by Crippen LogP contribution is 2.67. The fourth-order valence-corrected chi connectivity index (χ4v) is 8.29. The highest BCUT2D eigenvalue weighted by atomic mass is 31.2. The van der Waals surface area contributed by atoms with Crippen LogP contribution >= 0.6 is 7.37 Å². The Morgan fingerprint density at radius 3 is 2.23 bits per heavy atom. The number of benzene rings is 1. The van der Waals surface area contributed by atoms with Crippen molar-refractivity contribution in [2.45, 2.75) is 135 Å². The van der Waals surface area contributed by atoms with E-state index in [2.05, 4.69) is 11.9 Å². The fraction of sp³-hybridized carbons (Fsp3) is 0.767. The third kappa shape index (κ3) is 8.98. The van der Waals surface area contributed by atoms with Gasteiger partial charge in [0.2, 0.25) is 7.37 Å². The lowest BCUT2D eigenvalue weighted by Crippen LogP contribution is -2.38. The molecule has 0 saturated carbocycles. The molecule has 39 heavy (non-hydrogen) atoms. The molecule has 1 unspecified atom stereocenters. The number of unbranched alkanes of at least 4 members (excludes halogenated alkanes) is 3. The Bertz CT molecular complexity index is 1010. The van der Waals surface area contributed by atoms with E-state index in [1.165, 1.54) is 12.1 Å². The summed E-state index contributed by atoms with van der Waals surface area (Å²) in [5, 5.41) is -1.18. The Morgan fingerprint density at radius 2 is 1.72 bits per heavy atom. The van der Waals surface area contributed by atoms with Crippen LogP contribution in [0.25, 0.3) is 0 Å². The van der Waals surface area contributed by atoms with Crippen molar-refractivity contribution >= 4 is 13.3 Å². The lowest BCUT2D eigenvalue weighted by Gasteiger charge is -2.41. The zero-order valence-electron chi connectivity index (χ0n) is 25.3. The maximum Gasteiger partial charge on any atom is 0.419 e. The van der Waals surface area contributed by atoms with Gasteiger partial charge in [0.15, 0.2) is 5.90 Å². The molecule has 0 N–H and O–H groups in total. The van der Waals surface area contributed by atoms with E-state index >= 15 is 0 Å². The van der Waals surface area contributed by atoms with Crippen molar-refractivity contribution in [1.29, 1.82) is 0 Å². The topological polar surface area (TPSA) is 57.1 Å². The molecule has 9 heteroatoms. The number of halogens is 3. The first-order valence-electron chi connectivity index (χ1n) is 14.1. The molecule has 5 nitrogen and oxygen atoms in total. The molecule has 1 aliphatic heterocycles. The van der Waals surface area contributed by atoms with Crippen LogP contribution in [0.1, 0.15) is 112 Å². The van der Waals surface area contributed by atoms with Gasteiger partial charge in [-0.05, 0) is 50.3 Å². The van der Waals surface area contributed by atoms with Gasteiger partial charge in [0.25, 0.3) is 0 Å². The second kappa shape index (κ2) is 13.0. The van der Waals surface area contributed by atoms with Gasteiger partial charge in [0.1, 0.15) is 17.9 Å². The number of nitrogens with zero attached hydrogens (tertiary/aromatic N) is 1.